The third-order valence-electron chi connectivity index (χ3n) is 4.73. The number of imide groups is 1. The smallest absolute Gasteiger partial charge is 0.325 e. The van der Waals surface area contributed by atoms with Gasteiger partial charge in [0.2, 0.25) is 5.91 Å². The number of rotatable bonds is 5. The lowest BCUT2D eigenvalue weighted by Crippen LogP contribution is -2.38. The summed E-state index contributed by atoms with van der Waals surface area (Å²) in [4.78, 5) is 41.3. The Labute approximate surface area is 176 Å². The number of hydrogen-bond donors (Lipinski definition) is 3. The van der Waals surface area contributed by atoms with Crippen molar-refractivity contribution < 1.29 is 14.4 Å². The van der Waals surface area contributed by atoms with Crippen molar-refractivity contribution in [3.8, 4) is 0 Å². The summed E-state index contributed by atoms with van der Waals surface area (Å²) in [7, 11) is 0. The number of nitrogens with zero attached hydrogens (tertiary/aromatic N) is 1. The predicted octanol–water partition coefficient (Wildman–Crippen LogP) is 3.58. The molecule has 0 unspecified atom stereocenters. The molecule has 1 fully saturated rings. The van der Waals surface area contributed by atoms with Crippen LogP contribution in [0, 0.1) is 0 Å². The number of benzene rings is 2. The second-order valence-corrected chi connectivity index (χ2v) is 7.42. The second kappa shape index (κ2) is 7.77. The summed E-state index contributed by atoms with van der Waals surface area (Å²) in [6.07, 6.45) is 2.15. The van der Waals surface area contributed by atoms with Gasteiger partial charge in [-0.05, 0) is 23.8 Å². The van der Waals surface area contributed by atoms with Gasteiger partial charge in [0.05, 0.1) is 15.7 Å². The Balaban J connectivity index is 1.44. The molecule has 1 aliphatic rings. The standard InChI is InChI=1S/C20H16Cl2N4O3/c21-13-5-3-7-15(18(13)22)24-17(27)10-26-19(28)16(25-20(26)29)8-11-9-23-14-6-2-1-4-12(11)14/h1-7,9,16,23H,8,10H2,(H,24,27)(H,25,29)/t16-/m1/s1. The Morgan fingerprint density at radius 3 is 2.72 bits per heavy atom. The van der Waals surface area contributed by atoms with Gasteiger partial charge in [-0.15, -0.1) is 0 Å². The number of amides is 4. The van der Waals surface area contributed by atoms with Crippen LogP contribution < -0.4 is 10.6 Å². The largest absolute Gasteiger partial charge is 0.361 e. The summed E-state index contributed by atoms with van der Waals surface area (Å²) in [5, 5.41) is 6.68. The van der Waals surface area contributed by atoms with Gasteiger partial charge in [0, 0.05) is 23.5 Å². The topological polar surface area (TPSA) is 94.3 Å². The van der Waals surface area contributed by atoms with Crippen LogP contribution in [0.1, 0.15) is 5.56 Å². The average Bonchev–Trinajstić information content (AvgIpc) is 3.22. The number of aromatic nitrogens is 1. The molecule has 3 N–H and O–H groups in total. The van der Waals surface area contributed by atoms with E-state index in [1.54, 1.807) is 18.2 Å². The lowest BCUT2D eigenvalue weighted by Gasteiger charge is -2.14. The van der Waals surface area contributed by atoms with Gasteiger partial charge in [-0.25, -0.2) is 4.79 Å². The van der Waals surface area contributed by atoms with Crippen molar-refractivity contribution in [3.63, 3.8) is 0 Å². The first-order valence-corrected chi connectivity index (χ1v) is 9.60. The molecule has 1 aromatic heterocycles. The highest BCUT2D eigenvalue weighted by Gasteiger charge is 2.39. The number of nitrogens with one attached hydrogen (secondary N) is 3. The molecule has 1 atom stereocenters. The molecule has 1 aliphatic heterocycles. The van der Waals surface area contributed by atoms with Crippen molar-refractivity contribution in [2.75, 3.05) is 11.9 Å². The summed E-state index contributed by atoms with van der Waals surface area (Å²) < 4.78 is 0. The molecule has 7 nitrogen and oxygen atoms in total. The quantitative estimate of drug-likeness (QED) is 0.539. The first-order chi connectivity index (χ1) is 13.9. The molecule has 2 heterocycles. The normalized spacial score (nSPS) is 16.3. The van der Waals surface area contributed by atoms with Crippen LogP contribution >= 0.6 is 23.2 Å². The van der Waals surface area contributed by atoms with Gasteiger partial charge in [-0.3, -0.25) is 14.5 Å². The fourth-order valence-corrected chi connectivity index (χ4v) is 3.67. The number of anilines is 1. The minimum atomic E-state index is -0.732. The zero-order chi connectivity index (χ0) is 20.5. The first kappa shape index (κ1) is 19.3. The minimum absolute atomic E-state index is 0.192. The molecule has 4 amide bonds. The Bertz CT molecular complexity index is 1130. The van der Waals surface area contributed by atoms with Crippen molar-refractivity contribution in [3.05, 3.63) is 64.3 Å². The molecule has 9 heteroatoms. The second-order valence-electron chi connectivity index (χ2n) is 6.64. The van der Waals surface area contributed by atoms with E-state index >= 15 is 0 Å². The molecule has 29 heavy (non-hydrogen) atoms. The van der Waals surface area contributed by atoms with Gasteiger partial charge in [0.15, 0.2) is 0 Å². The van der Waals surface area contributed by atoms with Crippen LogP contribution in [-0.4, -0.2) is 40.3 Å². The number of carbonyl (C=O) groups is 3. The van der Waals surface area contributed by atoms with Gasteiger partial charge in [0.1, 0.15) is 12.6 Å². The average molecular weight is 431 g/mol. The van der Waals surface area contributed by atoms with Crippen molar-refractivity contribution in [1.82, 2.24) is 15.2 Å². The molecule has 2 aromatic carbocycles. The maximum absolute atomic E-state index is 12.7. The summed E-state index contributed by atoms with van der Waals surface area (Å²) in [6, 6.07) is 11.2. The van der Waals surface area contributed by atoms with Gasteiger partial charge >= 0.3 is 6.03 Å². The Hall–Kier alpha value is -3.03. The number of H-pyrrole nitrogens is 1. The Kier molecular flexibility index (Phi) is 5.17. The molecule has 0 aliphatic carbocycles. The van der Waals surface area contributed by atoms with Crippen LogP contribution in [0.15, 0.2) is 48.7 Å². The Morgan fingerprint density at radius 1 is 1.10 bits per heavy atom. The predicted molar refractivity (Wildman–Crippen MR) is 111 cm³/mol. The zero-order valence-electron chi connectivity index (χ0n) is 15.0. The van der Waals surface area contributed by atoms with Crippen LogP contribution in [0.2, 0.25) is 10.0 Å². The van der Waals surface area contributed by atoms with Crippen molar-refractivity contribution in [2.45, 2.75) is 12.5 Å². The van der Waals surface area contributed by atoms with Crippen molar-refractivity contribution in [1.29, 1.82) is 0 Å². The van der Waals surface area contributed by atoms with Crippen molar-refractivity contribution >= 4 is 57.6 Å². The third-order valence-corrected chi connectivity index (χ3v) is 5.55. The molecule has 0 bridgehead atoms. The molecule has 0 saturated carbocycles. The van der Waals surface area contributed by atoms with E-state index in [0.717, 1.165) is 21.4 Å². The van der Waals surface area contributed by atoms with Crippen molar-refractivity contribution in [2.24, 2.45) is 0 Å². The number of carbonyl (C=O) groups excluding carboxylic acids is 3. The van der Waals surface area contributed by atoms with Crippen LogP contribution in [0.25, 0.3) is 10.9 Å². The minimum Gasteiger partial charge on any atom is -0.361 e. The molecule has 1 saturated heterocycles. The van der Waals surface area contributed by atoms with E-state index in [1.165, 1.54) is 0 Å². The van der Waals surface area contributed by atoms with Gasteiger partial charge < -0.3 is 15.6 Å². The molecule has 3 aromatic rings. The van der Waals surface area contributed by atoms with E-state index in [2.05, 4.69) is 15.6 Å². The summed E-state index contributed by atoms with van der Waals surface area (Å²) in [6.45, 7) is -0.419. The van der Waals surface area contributed by atoms with E-state index < -0.39 is 30.4 Å². The Morgan fingerprint density at radius 2 is 1.90 bits per heavy atom. The number of hydrogen-bond acceptors (Lipinski definition) is 3. The van der Waals surface area contributed by atoms with E-state index in [4.69, 9.17) is 23.2 Å². The fraction of sp³-hybridized carbons (Fsp3) is 0.150. The SMILES string of the molecule is O=C(CN1C(=O)N[C@H](Cc2c[nH]c3ccccc23)C1=O)Nc1cccc(Cl)c1Cl. The van der Waals surface area contributed by atoms with Gasteiger partial charge in [-0.1, -0.05) is 47.5 Å². The van der Waals surface area contributed by atoms with Crippen LogP contribution in [-0.2, 0) is 16.0 Å². The molecular formula is C20H16Cl2N4O3. The number of aromatic amines is 1. The third kappa shape index (κ3) is 3.79. The maximum atomic E-state index is 12.7. The molecular weight excluding hydrogens is 415 g/mol. The lowest BCUT2D eigenvalue weighted by atomic mass is 10.1. The highest BCUT2D eigenvalue weighted by molar-refractivity contribution is 6.44. The van der Waals surface area contributed by atoms with E-state index in [1.807, 2.05) is 30.5 Å². The molecule has 0 radical (unpaired) electrons. The van der Waals surface area contributed by atoms with E-state index in [0.29, 0.717) is 17.1 Å². The van der Waals surface area contributed by atoms with Gasteiger partial charge in [0.25, 0.3) is 5.91 Å². The number of urea groups is 1. The summed E-state index contributed by atoms with van der Waals surface area (Å²) >= 11 is 12.0. The zero-order valence-corrected chi connectivity index (χ0v) is 16.6. The van der Waals surface area contributed by atoms with Crippen LogP contribution in [0.3, 0.4) is 0 Å². The highest BCUT2D eigenvalue weighted by atomic mass is 35.5. The molecule has 148 valence electrons. The summed E-state index contributed by atoms with van der Waals surface area (Å²) in [5.74, 6) is -1.00. The molecule has 0 spiro atoms. The lowest BCUT2D eigenvalue weighted by molar-refractivity contribution is -0.130. The maximum Gasteiger partial charge on any atom is 0.325 e. The number of halogens is 2. The highest BCUT2D eigenvalue weighted by Crippen LogP contribution is 2.29. The summed E-state index contributed by atoms with van der Waals surface area (Å²) in [5.41, 5.74) is 2.18. The van der Waals surface area contributed by atoms with Crippen LogP contribution in [0.5, 0.6) is 0 Å². The fourth-order valence-electron chi connectivity index (χ4n) is 3.32. The van der Waals surface area contributed by atoms with E-state index in [-0.39, 0.29) is 5.02 Å². The van der Waals surface area contributed by atoms with E-state index in [9.17, 15) is 14.4 Å². The van der Waals surface area contributed by atoms with Crippen LogP contribution in [0.4, 0.5) is 10.5 Å². The number of para-hydroxylation sites is 1. The first-order valence-electron chi connectivity index (χ1n) is 8.85. The monoisotopic (exact) mass is 430 g/mol. The number of fused-ring (bicyclic) bond motifs is 1. The molecule has 4 rings (SSSR count). The van der Waals surface area contributed by atoms with Gasteiger partial charge in [-0.2, -0.15) is 0 Å².